The molecule has 0 aliphatic carbocycles. The van der Waals surface area contributed by atoms with Gasteiger partial charge in [-0.1, -0.05) is 11.6 Å². The zero-order valence-corrected chi connectivity index (χ0v) is 18.0. The fraction of sp³-hybridized carbons (Fsp3) is 0.300. The molecule has 2 amide bonds. The van der Waals surface area contributed by atoms with Crippen molar-refractivity contribution in [3.05, 3.63) is 46.7 Å². The van der Waals surface area contributed by atoms with Crippen LogP contribution in [0.25, 0.3) is 22.5 Å². The van der Waals surface area contributed by atoms with Crippen molar-refractivity contribution in [2.24, 2.45) is 18.7 Å². The number of nitrogens with one attached hydrogen (secondary N) is 1. The molecule has 0 bridgehead atoms. The van der Waals surface area contributed by atoms with E-state index in [2.05, 4.69) is 25.7 Å². The van der Waals surface area contributed by atoms with Crippen molar-refractivity contribution in [2.45, 2.75) is 12.5 Å². The van der Waals surface area contributed by atoms with E-state index in [0.29, 0.717) is 0 Å². The van der Waals surface area contributed by atoms with E-state index >= 15 is 0 Å². The molecule has 0 spiro atoms. The van der Waals surface area contributed by atoms with Crippen molar-refractivity contribution in [2.75, 3.05) is 13.2 Å². The van der Waals surface area contributed by atoms with Gasteiger partial charge in [0, 0.05) is 29.7 Å². The number of ether oxygens (including phenoxy) is 1. The molecule has 1 aromatic carbocycles. The van der Waals surface area contributed by atoms with Gasteiger partial charge in [-0.25, -0.2) is 8.78 Å². The van der Waals surface area contributed by atoms with Crippen LogP contribution in [0.15, 0.2) is 24.4 Å². The minimum Gasteiger partial charge on any atom is -0.367 e. The van der Waals surface area contributed by atoms with Crippen LogP contribution in [-0.4, -0.2) is 56.3 Å². The number of nitrogens with two attached hydrogens (primary N) is 1. The van der Waals surface area contributed by atoms with Crippen LogP contribution < -0.4 is 11.1 Å². The van der Waals surface area contributed by atoms with Crippen LogP contribution in [0.3, 0.4) is 0 Å². The molecule has 1 aliphatic rings. The Morgan fingerprint density at radius 2 is 2.09 bits per heavy atom. The van der Waals surface area contributed by atoms with Gasteiger partial charge in [-0.2, -0.15) is 4.80 Å². The second kappa shape index (κ2) is 9.16. The maximum Gasteiger partial charge on any atom is 0.247 e. The third-order valence-corrected chi connectivity index (χ3v) is 5.33. The molecule has 10 nitrogen and oxygen atoms in total. The maximum atomic E-state index is 14.8. The highest BCUT2D eigenvalue weighted by Crippen LogP contribution is 2.35. The predicted molar refractivity (Wildman–Crippen MR) is 112 cm³/mol. The number of amides is 2. The molecular weight excluding hydrogens is 460 g/mol. The lowest BCUT2D eigenvalue weighted by molar-refractivity contribution is -0.167. The molecule has 3 aromatic rings. The second-order valence-corrected chi connectivity index (χ2v) is 7.81. The highest BCUT2D eigenvalue weighted by Gasteiger charge is 2.41. The first kappa shape index (κ1) is 22.7. The number of aryl methyl sites for hydroxylation is 1. The number of hydrogen-bond acceptors (Lipinski definition) is 7. The van der Waals surface area contributed by atoms with Gasteiger partial charge in [-0.05, 0) is 29.0 Å². The van der Waals surface area contributed by atoms with Gasteiger partial charge in [-0.3, -0.25) is 14.6 Å². The molecule has 3 heterocycles. The summed E-state index contributed by atoms with van der Waals surface area (Å²) in [5.41, 5.74) is 5.77. The van der Waals surface area contributed by atoms with Gasteiger partial charge in [0.25, 0.3) is 0 Å². The quantitative estimate of drug-likeness (QED) is 0.518. The summed E-state index contributed by atoms with van der Waals surface area (Å²) in [6.45, 7) is 0.185. The Morgan fingerprint density at radius 3 is 2.70 bits per heavy atom. The van der Waals surface area contributed by atoms with Crippen LogP contribution in [0.4, 0.5) is 8.78 Å². The van der Waals surface area contributed by atoms with Crippen molar-refractivity contribution in [1.82, 2.24) is 30.5 Å². The lowest BCUT2D eigenvalue weighted by Gasteiger charge is -2.33. The lowest BCUT2D eigenvalue weighted by Crippen LogP contribution is -2.55. The number of pyridine rings is 1. The Kier molecular flexibility index (Phi) is 6.29. The molecule has 172 valence electrons. The minimum absolute atomic E-state index is 0.0143. The number of halogens is 3. The number of tetrazole rings is 1. The molecule has 0 radical (unpaired) electrons. The van der Waals surface area contributed by atoms with E-state index in [9.17, 15) is 18.4 Å². The highest BCUT2D eigenvalue weighted by molar-refractivity contribution is 6.31. The summed E-state index contributed by atoms with van der Waals surface area (Å²) in [7, 11) is 1.53. The standard InChI is InChI=1S/C20H18ClF2N7O3/c1-30-28-19(27-29-30)16-11(5-10(21)6-14(16)23)9-4-13(22)15(26-7-9)2-3-25-20(32)12-8-33-17(12)18(24)31/h4-7,12,17H,2-3,8H2,1H3,(H2,24,31)(H,25,32)/t12?,17-/m1/s1. The molecule has 33 heavy (non-hydrogen) atoms. The summed E-state index contributed by atoms with van der Waals surface area (Å²) in [6.07, 6.45) is 0.513. The van der Waals surface area contributed by atoms with Gasteiger partial charge in [0.15, 0.2) is 0 Å². The third kappa shape index (κ3) is 4.66. The number of hydrogen-bond donors (Lipinski definition) is 2. The van der Waals surface area contributed by atoms with Gasteiger partial charge in [0.05, 0.1) is 30.8 Å². The Hall–Kier alpha value is -3.51. The monoisotopic (exact) mass is 477 g/mol. The normalized spacial score (nSPS) is 17.5. The van der Waals surface area contributed by atoms with Crippen molar-refractivity contribution in [3.8, 4) is 22.5 Å². The fourth-order valence-electron chi connectivity index (χ4n) is 3.43. The average molecular weight is 478 g/mol. The van der Waals surface area contributed by atoms with E-state index in [1.54, 1.807) is 0 Å². The van der Waals surface area contributed by atoms with Gasteiger partial charge in [0.1, 0.15) is 17.7 Å². The van der Waals surface area contributed by atoms with Crippen molar-refractivity contribution >= 4 is 23.4 Å². The summed E-state index contributed by atoms with van der Waals surface area (Å²) in [5, 5.41) is 14.3. The van der Waals surface area contributed by atoms with Crippen molar-refractivity contribution < 1.29 is 23.1 Å². The van der Waals surface area contributed by atoms with E-state index in [0.717, 1.165) is 6.07 Å². The summed E-state index contributed by atoms with van der Waals surface area (Å²) >= 11 is 6.01. The van der Waals surface area contributed by atoms with Crippen LogP contribution in [0.2, 0.25) is 5.02 Å². The molecule has 3 N–H and O–H groups in total. The van der Waals surface area contributed by atoms with Gasteiger partial charge in [-0.15, -0.1) is 10.2 Å². The number of primary amides is 1. The molecule has 2 atom stereocenters. The second-order valence-electron chi connectivity index (χ2n) is 7.37. The SMILES string of the molecule is Cn1nnc(-c2c(F)cc(Cl)cc2-c2cnc(CCNC(=O)C3CO[C@H]3C(N)=O)c(F)c2)n1. The molecule has 1 unspecified atom stereocenters. The average Bonchev–Trinajstić information content (AvgIpc) is 3.13. The molecule has 4 rings (SSSR count). The van der Waals surface area contributed by atoms with E-state index < -0.39 is 35.5 Å². The third-order valence-electron chi connectivity index (χ3n) is 5.11. The molecule has 0 saturated carbocycles. The van der Waals surface area contributed by atoms with Crippen LogP contribution in [0, 0.1) is 17.6 Å². The first-order valence-electron chi connectivity index (χ1n) is 9.81. The molecule has 1 aliphatic heterocycles. The number of aromatic nitrogens is 5. The van der Waals surface area contributed by atoms with Crippen molar-refractivity contribution in [3.63, 3.8) is 0 Å². The smallest absolute Gasteiger partial charge is 0.247 e. The molecule has 13 heteroatoms. The van der Waals surface area contributed by atoms with E-state index in [1.165, 1.54) is 30.2 Å². The predicted octanol–water partition coefficient (Wildman–Crippen LogP) is 1.03. The van der Waals surface area contributed by atoms with E-state index in [4.69, 9.17) is 22.1 Å². The van der Waals surface area contributed by atoms with Gasteiger partial charge in [0.2, 0.25) is 17.6 Å². The fourth-order valence-corrected chi connectivity index (χ4v) is 3.63. The Labute approximate surface area is 191 Å². The summed E-state index contributed by atoms with van der Waals surface area (Å²) in [5.74, 6) is -3.10. The van der Waals surface area contributed by atoms with Crippen LogP contribution in [0.1, 0.15) is 5.69 Å². The Bertz CT molecular complexity index is 1240. The number of benzene rings is 1. The van der Waals surface area contributed by atoms with E-state index in [1.807, 2.05) is 0 Å². The lowest BCUT2D eigenvalue weighted by atomic mass is 9.96. The number of nitrogens with zero attached hydrogens (tertiary/aromatic N) is 5. The zero-order valence-electron chi connectivity index (χ0n) is 17.3. The molecular formula is C20H18ClF2N7O3. The van der Waals surface area contributed by atoms with Crippen LogP contribution in [0.5, 0.6) is 0 Å². The number of carbonyl (C=O) groups excluding carboxylic acids is 2. The van der Waals surface area contributed by atoms with E-state index in [-0.39, 0.29) is 52.8 Å². The number of carbonyl (C=O) groups is 2. The Balaban J connectivity index is 1.50. The maximum absolute atomic E-state index is 14.8. The molecule has 2 aromatic heterocycles. The van der Waals surface area contributed by atoms with Crippen LogP contribution >= 0.6 is 11.6 Å². The zero-order chi connectivity index (χ0) is 23.7. The largest absolute Gasteiger partial charge is 0.367 e. The summed E-state index contributed by atoms with van der Waals surface area (Å²) in [6, 6.07) is 3.76. The Morgan fingerprint density at radius 1 is 1.30 bits per heavy atom. The first-order valence-corrected chi connectivity index (χ1v) is 10.2. The molecule has 1 saturated heterocycles. The van der Waals surface area contributed by atoms with Crippen molar-refractivity contribution in [1.29, 1.82) is 0 Å². The first-order chi connectivity index (χ1) is 15.7. The highest BCUT2D eigenvalue weighted by atomic mass is 35.5. The summed E-state index contributed by atoms with van der Waals surface area (Å²) < 4.78 is 34.4. The van der Waals surface area contributed by atoms with Gasteiger partial charge < -0.3 is 15.8 Å². The number of rotatable bonds is 7. The summed E-state index contributed by atoms with van der Waals surface area (Å²) in [4.78, 5) is 28.6. The topological polar surface area (TPSA) is 138 Å². The minimum atomic E-state index is -0.949. The molecule has 1 fully saturated rings. The van der Waals surface area contributed by atoms with Gasteiger partial charge >= 0.3 is 0 Å². The van der Waals surface area contributed by atoms with Crippen LogP contribution in [-0.2, 0) is 27.8 Å².